The summed E-state index contributed by atoms with van der Waals surface area (Å²) in [6.07, 6.45) is 10.6. The van der Waals surface area contributed by atoms with Crippen LogP contribution in [0.2, 0.25) is 0 Å². The summed E-state index contributed by atoms with van der Waals surface area (Å²) in [6, 6.07) is 0.282. The Morgan fingerprint density at radius 1 is 1.06 bits per heavy atom. The van der Waals surface area contributed by atoms with Crippen molar-refractivity contribution in [1.82, 2.24) is 4.90 Å². The fraction of sp³-hybridized carbons (Fsp3) is 0.929. The van der Waals surface area contributed by atoms with E-state index in [1.54, 1.807) is 6.92 Å². The van der Waals surface area contributed by atoms with Crippen molar-refractivity contribution in [3.63, 3.8) is 0 Å². The van der Waals surface area contributed by atoms with Gasteiger partial charge in [-0.15, -0.1) is 0 Å². The third-order valence-electron chi connectivity index (χ3n) is 4.38. The smallest absolute Gasteiger partial charge is 0.221 e. The predicted octanol–water partition coefficient (Wildman–Crippen LogP) is 2.82. The number of aliphatic hydroxyl groups is 1. The lowest BCUT2D eigenvalue weighted by molar-refractivity contribution is -0.176. The van der Waals surface area contributed by atoms with Crippen LogP contribution in [0.25, 0.3) is 0 Å². The van der Waals surface area contributed by atoms with Crippen molar-refractivity contribution < 1.29 is 9.90 Å². The monoisotopic (exact) mass is 239 g/mol. The minimum Gasteiger partial charge on any atom is -0.371 e. The lowest BCUT2D eigenvalue weighted by Gasteiger charge is -2.47. The van der Waals surface area contributed by atoms with Crippen LogP contribution in [0.3, 0.4) is 0 Å². The van der Waals surface area contributed by atoms with Gasteiger partial charge in [0.1, 0.15) is 5.72 Å². The zero-order valence-electron chi connectivity index (χ0n) is 11.0. The quantitative estimate of drug-likeness (QED) is 0.753. The Morgan fingerprint density at radius 2 is 1.59 bits per heavy atom. The van der Waals surface area contributed by atoms with Crippen LogP contribution in [-0.4, -0.2) is 27.7 Å². The van der Waals surface area contributed by atoms with Crippen molar-refractivity contribution >= 4 is 5.91 Å². The van der Waals surface area contributed by atoms with E-state index in [1.165, 1.54) is 25.7 Å². The SMILES string of the molecule is CC(=O)N(C1CCCCC1)C1(O)CCCCC1. The van der Waals surface area contributed by atoms with Gasteiger partial charge in [-0.3, -0.25) is 4.79 Å². The average Bonchev–Trinajstić information content (AvgIpc) is 2.30. The molecule has 1 N–H and O–H groups in total. The average molecular weight is 239 g/mol. The maximum absolute atomic E-state index is 11.9. The summed E-state index contributed by atoms with van der Waals surface area (Å²) in [5, 5.41) is 10.8. The Balaban J connectivity index is 2.12. The predicted molar refractivity (Wildman–Crippen MR) is 67.4 cm³/mol. The van der Waals surface area contributed by atoms with Crippen LogP contribution in [0.4, 0.5) is 0 Å². The van der Waals surface area contributed by atoms with Gasteiger partial charge in [0.25, 0.3) is 0 Å². The molecule has 0 bridgehead atoms. The van der Waals surface area contributed by atoms with Crippen LogP contribution in [-0.2, 0) is 4.79 Å². The summed E-state index contributed by atoms with van der Waals surface area (Å²) in [5.74, 6) is 0.0568. The van der Waals surface area contributed by atoms with Gasteiger partial charge < -0.3 is 10.0 Å². The van der Waals surface area contributed by atoms with Gasteiger partial charge in [-0.1, -0.05) is 25.7 Å². The molecule has 0 atom stereocenters. The number of nitrogens with zero attached hydrogens (tertiary/aromatic N) is 1. The normalized spacial score (nSPS) is 25.5. The highest BCUT2D eigenvalue weighted by Gasteiger charge is 2.41. The first-order chi connectivity index (χ1) is 8.13. The lowest BCUT2D eigenvalue weighted by Crippen LogP contribution is -2.57. The molecule has 2 saturated carbocycles. The van der Waals surface area contributed by atoms with Crippen LogP contribution in [0, 0.1) is 0 Å². The van der Waals surface area contributed by atoms with E-state index in [-0.39, 0.29) is 11.9 Å². The van der Waals surface area contributed by atoms with Gasteiger partial charge in [0.2, 0.25) is 5.91 Å². The Kier molecular flexibility index (Phi) is 4.08. The summed E-state index contributed by atoms with van der Waals surface area (Å²) in [4.78, 5) is 13.7. The maximum Gasteiger partial charge on any atom is 0.221 e. The standard InChI is InChI=1S/C14H25NO2/c1-12(16)15(13-8-4-2-5-9-13)14(17)10-6-3-7-11-14/h13,17H,2-11H2,1H3. The fourth-order valence-corrected chi connectivity index (χ4v) is 3.59. The van der Waals surface area contributed by atoms with Gasteiger partial charge >= 0.3 is 0 Å². The molecule has 0 radical (unpaired) electrons. The van der Waals surface area contributed by atoms with E-state index in [9.17, 15) is 9.90 Å². The zero-order valence-corrected chi connectivity index (χ0v) is 11.0. The first-order valence-electron chi connectivity index (χ1n) is 7.16. The summed E-state index contributed by atoms with van der Waals surface area (Å²) < 4.78 is 0. The van der Waals surface area contributed by atoms with Crippen molar-refractivity contribution in [3.05, 3.63) is 0 Å². The highest BCUT2D eigenvalue weighted by Crippen LogP contribution is 2.36. The Hall–Kier alpha value is -0.570. The second kappa shape index (κ2) is 5.38. The van der Waals surface area contributed by atoms with E-state index in [1.807, 2.05) is 4.90 Å². The number of hydrogen-bond acceptors (Lipinski definition) is 2. The number of hydrogen-bond donors (Lipinski definition) is 1. The third-order valence-corrected chi connectivity index (χ3v) is 4.38. The van der Waals surface area contributed by atoms with E-state index in [2.05, 4.69) is 0 Å². The minimum absolute atomic E-state index is 0.0568. The van der Waals surface area contributed by atoms with Crippen LogP contribution >= 0.6 is 0 Å². The highest BCUT2D eigenvalue weighted by molar-refractivity contribution is 5.74. The zero-order chi connectivity index (χ0) is 12.3. The molecule has 0 saturated heterocycles. The molecule has 2 aliphatic carbocycles. The van der Waals surface area contributed by atoms with Gasteiger partial charge in [0.05, 0.1) is 0 Å². The molecule has 3 nitrogen and oxygen atoms in total. The van der Waals surface area contributed by atoms with E-state index < -0.39 is 5.72 Å². The number of amides is 1. The second-order valence-corrected chi connectivity index (χ2v) is 5.72. The van der Waals surface area contributed by atoms with Crippen LogP contribution in [0.1, 0.15) is 71.1 Å². The van der Waals surface area contributed by atoms with Gasteiger partial charge in [-0.25, -0.2) is 0 Å². The fourth-order valence-electron chi connectivity index (χ4n) is 3.59. The van der Waals surface area contributed by atoms with Gasteiger partial charge in [-0.2, -0.15) is 0 Å². The molecule has 0 aliphatic heterocycles. The van der Waals surface area contributed by atoms with E-state index in [0.29, 0.717) is 0 Å². The number of carbonyl (C=O) groups excluding carboxylic acids is 1. The molecular weight excluding hydrogens is 214 g/mol. The minimum atomic E-state index is -0.841. The molecule has 2 aliphatic rings. The van der Waals surface area contributed by atoms with Gasteiger partial charge in [-0.05, 0) is 38.5 Å². The topological polar surface area (TPSA) is 40.5 Å². The van der Waals surface area contributed by atoms with Crippen molar-refractivity contribution in [2.45, 2.75) is 82.9 Å². The third kappa shape index (κ3) is 2.82. The Bertz CT molecular complexity index is 265. The largest absolute Gasteiger partial charge is 0.371 e. The molecule has 17 heavy (non-hydrogen) atoms. The summed E-state index contributed by atoms with van der Waals surface area (Å²) in [5.41, 5.74) is -0.841. The summed E-state index contributed by atoms with van der Waals surface area (Å²) in [6.45, 7) is 1.61. The van der Waals surface area contributed by atoms with Crippen molar-refractivity contribution in [2.24, 2.45) is 0 Å². The van der Waals surface area contributed by atoms with Crippen molar-refractivity contribution in [3.8, 4) is 0 Å². The molecule has 98 valence electrons. The van der Waals surface area contributed by atoms with Gasteiger partial charge in [0.15, 0.2) is 0 Å². The van der Waals surface area contributed by atoms with Crippen molar-refractivity contribution in [2.75, 3.05) is 0 Å². The molecule has 0 unspecified atom stereocenters. The second-order valence-electron chi connectivity index (χ2n) is 5.72. The first-order valence-corrected chi connectivity index (χ1v) is 7.16. The molecule has 0 aromatic rings. The summed E-state index contributed by atoms with van der Waals surface area (Å²) in [7, 11) is 0. The molecule has 3 heteroatoms. The lowest BCUT2D eigenvalue weighted by atomic mass is 9.86. The maximum atomic E-state index is 11.9. The number of rotatable bonds is 2. The number of carbonyl (C=O) groups is 1. The van der Waals surface area contributed by atoms with E-state index >= 15 is 0 Å². The molecule has 1 amide bonds. The molecule has 2 fully saturated rings. The van der Waals surface area contributed by atoms with Crippen molar-refractivity contribution in [1.29, 1.82) is 0 Å². The van der Waals surface area contributed by atoms with E-state index in [4.69, 9.17) is 0 Å². The molecule has 0 heterocycles. The molecule has 0 aromatic carbocycles. The molecular formula is C14H25NO2. The molecule has 2 rings (SSSR count). The van der Waals surface area contributed by atoms with Crippen LogP contribution in [0.15, 0.2) is 0 Å². The van der Waals surface area contributed by atoms with Crippen LogP contribution in [0.5, 0.6) is 0 Å². The molecule has 0 spiro atoms. The Morgan fingerprint density at radius 3 is 2.12 bits per heavy atom. The highest BCUT2D eigenvalue weighted by atomic mass is 16.3. The van der Waals surface area contributed by atoms with Gasteiger partial charge in [0, 0.05) is 13.0 Å². The molecule has 0 aromatic heterocycles. The van der Waals surface area contributed by atoms with E-state index in [0.717, 1.165) is 38.5 Å². The Labute approximate surface area is 104 Å². The summed E-state index contributed by atoms with van der Waals surface area (Å²) >= 11 is 0. The first kappa shape index (κ1) is 12.9. The van der Waals surface area contributed by atoms with Crippen LogP contribution < -0.4 is 0 Å².